The molecule has 0 heterocycles. The number of rotatable bonds is 5. The summed E-state index contributed by atoms with van der Waals surface area (Å²) in [6.07, 6.45) is 0.801. The summed E-state index contributed by atoms with van der Waals surface area (Å²) in [5, 5.41) is 3.02. The number of guanidine groups is 1. The Kier molecular flexibility index (Phi) is 6.46. The molecular formula is C18H21FIN3O2. The molecule has 0 bridgehead atoms. The Morgan fingerprint density at radius 2 is 1.88 bits per heavy atom. The maximum absolute atomic E-state index is 13.8. The van der Waals surface area contributed by atoms with Crippen LogP contribution in [0.25, 0.3) is 0 Å². The predicted octanol–water partition coefficient (Wildman–Crippen LogP) is 3.74. The van der Waals surface area contributed by atoms with Gasteiger partial charge >= 0.3 is 0 Å². The molecule has 3 N–H and O–H groups in total. The minimum atomic E-state index is -0.188. The molecule has 2 aromatic carbocycles. The van der Waals surface area contributed by atoms with Gasteiger partial charge in [-0.25, -0.2) is 9.38 Å². The van der Waals surface area contributed by atoms with Gasteiger partial charge in [-0.15, -0.1) is 24.0 Å². The standard InChI is InChI=1S/C18H20FN3O2.HI/c1-23-16-8-7-11(9-17(16)24-2)21-18(20)22-15-10-13(15)12-5-3-4-6-14(12)19;/h3-9,13,15H,10H2,1-2H3,(H3,20,21,22);1H. The van der Waals surface area contributed by atoms with Gasteiger partial charge in [-0.2, -0.15) is 0 Å². The Balaban J connectivity index is 0.00000225. The number of nitrogens with zero attached hydrogens (tertiary/aromatic N) is 1. The molecule has 0 amide bonds. The van der Waals surface area contributed by atoms with Crippen LogP contribution in [0, 0.1) is 5.82 Å². The van der Waals surface area contributed by atoms with Crippen LogP contribution in [0.2, 0.25) is 0 Å². The molecule has 25 heavy (non-hydrogen) atoms. The van der Waals surface area contributed by atoms with E-state index in [1.165, 1.54) is 6.07 Å². The Bertz CT molecular complexity index is 770. The molecule has 2 aromatic rings. The fourth-order valence-electron chi connectivity index (χ4n) is 2.71. The summed E-state index contributed by atoms with van der Waals surface area (Å²) in [4.78, 5) is 4.43. The number of nitrogens with two attached hydrogens (primary N) is 1. The predicted molar refractivity (Wildman–Crippen MR) is 108 cm³/mol. The monoisotopic (exact) mass is 457 g/mol. The lowest BCUT2D eigenvalue weighted by atomic mass is 10.1. The molecule has 2 unspecified atom stereocenters. The van der Waals surface area contributed by atoms with Gasteiger partial charge in [-0.05, 0) is 30.2 Å². The molecule has 2 atom stereocenters. The van der Waals surface area contributed by atoms with E-state index in [1.807, 2.05) is 12.1 Å². The summed E-state index contributed by atoms with van der Waals surface area (Å²) in [5.41, 5.74) is 7.41. The van der Waals surface area contributed by atoms with E-state index < -0.39 is 0 Å². The Morgan fingerprint density at radius 1 is 1.16 bits per heavy atom. The van der Waals surface area contributed by atoms with Crippen LogP contribution in [-0.2, 0) is 0 Å². The highest BCUT2D eigenvalue weighted by atomic mass is 127. The summed E-state index contributed by atoms with van der Waals surface area (Å²) in [6, 6.07) is 12.2. The molecule has 5 nitrogen and oxygen atoms in total. The molecule has 0 aliphatic heterocycles. The second kappa shape index (κ2) is 8.37. The summed E-state index contributed by atoms with van der Waals surface area (Å²) in [5.74, 6) is 1.45. The van der Waals surface area contributed by atoms with Gasteiger partial charge in [0.25, 0.3) is 0 Å². The lowest BCUT2D eigenvalue weighted by Gasteiger charge is -2.11. The van der Waals surface area contributed by atoms with Crippen LogP contribution in [0.15, 0.2) is 47.5 Å². The Labute approximate surface area is 163 Å². The highest BCUT2D eigenvalue weighted by Gasteiger charge is 2.40. The van der Waals surface area contributed by atoms with E-state index in [0.29, 0.717) is 23.0 Å². The second-order valence-electron chi connectivity index (χ2n) is 5.64. The highest BCUT2D eigenvalue weighted by Crippen LogP contribution is 2.44. The number of anilines is 1. The van der Waals surface area contributed by atoms with E-state index in [4.69, 9.17) is 15.2 Å². The highest BCUT2D eigenvalue weighted by molar-refractivity contribution is 14.0. The molecule has 0 aromatic heterocycles. The van der Waals surface area contributed by atoms with Gasteiger partial charge in [0.1, 0.15) is 5.82 Å². The van der Waals surface area contributed by atoms with Gasteiger partial charge in [-0.3, -0.25) is 0 Å². The zero-order valence-electron chi connectivity index (χ0n) is 14.0. The summed E-state index contributed by atoms with van der Waals surface area (Å²) in [6.45, 7) is 0. The maximum atomic E-state index is 13.8. The van der Waals surface area contributed by atoms with Crippen molar-refractivity contribution in [3.8, 4) is 11.5 Å². The number of halogens is 2. The first kappa shape index (κ1) is 19.3. The van der Waals surface area contributed by atoms with Crippen molar-refractivity contribution in [2.45, 2.75) is 18.4 Å². The first-order valence-corrected chi connectivity index (χ1v) is 7.69. The molecule has 1 aliphatic carbocycles. The van der Waals surface area contributed by atoms with E-state index >= 15 is 0 Å². The van der Waals surface area contributed by atoms with Crippen LogP contribution in [0.3, 0.4) is 0 Å². The topological polar surface area (TPSA) is 68.9 Å². The summed E-state index contributed by atoms with van der Waals surface area (Å²) in [7, 11) is 3.15. The maximum Gasteiger partial charge on any atom is 0.193 e. The average molecular weight is 457 g/mol. The quantitative estimate of drug-likeness (QED) is 0.408. The average Bonchev–Trinajstić information content (AvgIpc) is 3.33. The molecule has 3 rings (SSSR count). The van der Waals surface area contributed by atoms with Crippen molar-refractivity contribution >= 4 is 35.6 Å². The number of methoxy groups -OCH3 is 2. The lowest BCUT2D eigenvalue weighted by Crippen LogP contribution is -2.23. The normalized spacial score (nSPS) is 18.9. The molecule has 1 saturated carbocycles. The molecule has 7 heteroatoms. The molecule has 0 spiro atoms. The van der Waals surface area contributed by atoms with Crippen molar-refractivity contribution in [2.75, 3.05) is 19.5 Å². The molecule has 0 radical (unpaired) electrons. The number of ether oxygens (including phenoxy) is 2. The zero-order chi connectivity index (χ0) is 17.1. The minimum absolute atomic E-state index is 0. The van der Waals surface area contributed by atoms with Crippen molar-refractivity contribution < 1.29 is 13.9 Å². The third-order valence-corrected chi connectivity index (χ3v) is 4.02. The fraction of sp³-hybridized carbons (Fsp3) is 0.278. The number of hydrogen-bond acceptors (Lipinski definition) is 3. The zero-order valence-corrected chi connectivity index (χ0v) is 16.4. The van der Waals surface area contributed by atoms with Crippen molar-refractivity contribution in [2.24, 2.45) is 10.7 Å². The molecule has 134 valence electrons. The van der Waals surface area contributed by atoms with Crippen LogP contribution in [0.1, 0.15) is 17.9 Å². The third-order valence-electron chi connectivity index (χ3n) is 4.02. The molecular weight excluding hydrogens is 436 g/mol. The number of hydrogen-bond donors (Lipinski definition) is 2. The first-order chi connectivity index (χ1) is 11.6. The first-order valence-electron chi connectivity index (χ1n) is 7.69. The smallest absolute Gasteiger partial charge is 0.193 e. The van der Waals surface area contributed by atoms with E-state index in [-0.39, 0.29) is 41.8 Å². The van der Waals surface area contributed by atoms with Crippen molar-refractivity contribution in [3.63, 3.8) is 0 Å². The molecule has 1 fully saturated rings. The van der Waals surface area contributed by atoms with Crippen molar-refractivity contribution in [1.82, 2.24) is 0 Å². The van der Waals surface area contributed by atoms with Crippen molar-refractivity contribution in [3.05, 3.63) is 53.8 Å². The van der Waals surface area contributed by atoms with Crippen molar-refractivity contribution in [1.29, 1.82) is 0 Å². The van der Waals surface area contributed by atoms with E-state index in [0.717, 1.165) is 12.1 Å². The third kappa shape index (κ3) is 4.53. The fourth-order valence-corrected chi connectivity index (χ4v) is 2.71. The van der Waals surface area contributed by atoms with Gasteiger partial charge in [0.05, 0.1) is 20.3 Å². The SMILES string of the molecule is COc1ccc(NC(N)=NC2CC2c2ccccc2F)cc1OC.I. The molecule has 0 saturated heterocycles. The second-order valence-corrected chi connectivity index (χ2v) is 5.64. The van der Waals surface area contributed by atoms with Crippen LogP contribution in [-0.4, -0.2) is 26.2 Å². The minimum Gasteiger partial charge on any atom is -0.493 e. The van der Waals surface area contributed by atoms with Gasteiger partial charge < -0.3 is 20.5 Å². The van der Waals surface area contributed by atoms with E-state index in [2.05, 4.69) is 10.3 Å². The van der Waals surface area contributed by atoms with Crippen LogP contribution in [0.4, 0.5) is 10.1 Å². The van der Waals surface area contributed by atoms with E-state index in [1.54, 1.807) is 38.5 Å². The number of benzene rings is 2. The molecule has 1 aliphatic rings. The van der Waals surface area contributed by atoms with Gasteiger partial charge in [0.15, 0.2) is 17.5 Å². The van der Waals surface area contributed by atoms with Gasteiger partial charge in [0.2, 0.25) is 0 Å². The number of nitrogens with one attached hydrogen (secondary N) is 1. The Hall–Kier alpha value is -2.03. The number of aliphatic imine (C=N–C) groups is 1. The summed E-state index contributed by atoms with van der Waals surface area (Å²) < 4.78 is 24.2. The lowest BCUT2D eigenvalue weighted by molar-refractivity contribution is 0.355. The van der Waals surface area contributed by atoms with Crippen LogP contribution in [0.5, 0.6) is 11.5 Å². The van der Waals surface area contributed by atoms with Gasteiger partial charge in [0, 0.05) is 17.7 Å². The Morgan fingerprint density at radius 3 is 2.56 bits per heavy atom. The van der Waals surface area contributed by atoms with Crippen LogP contribution >= 0.6 is 24.0 Å². The van der Waals surface area contributed by atoms with Gasteiger partial charge in [-0.1, -0.05) is 18.2 Å². The largest absolute Gasteiger partial charge is 0.493 e. The van der Waals surface area contributed by atoms with E-state index in [9.17, 15) is 4.39 Å². The summed E-state index contributed by atoms with van der Waals surface area (Å²) >= 11 is 0. The van der Waals surface area contributed by atoms with Crippen LogP contribution < -0.4 is 20.5 Å².